The van der Waals surface area contributed by atoms with Gasteiger partial charge >= 0.3 is 5.97 Å². The zero-order valence-corrected chi connectivity index (χ0v) is 20.6. The van der Waals surface area contributed by atoms with E-state index in [0.717, 1.165) is 32.1 Å². The Hall–Kier alpha value is -4.14. The van der Waals surface area contributed by atoms with Gasteiger partial charge in [-0.05, 0) is 61.7 Å². The molecule has 1 aliphatic rings. The van der Waals surface area contributed by atoms with Gasteiger partial charge in [-0.2, -0.15) is 0 Å². The van der Waals surface area contributed by atoms with Crippen molar-refractivity contribution in [2.45, 2.75) is 51.1 Å². The van der Waals surface area contributed by atoms with Crippen LogP contribution in [0.25, 0.3) is 0 Å². The average Bonchev–Trinajstić information content (AvgIpc) is 2.93. The van der Waals surface area contributed by atoms with E-state index in [1.165, 1.54) is 59.9 Å². The van der Waals surface area contributed by atoms with Gasteiger partial charge in [0.15, 0.2) is 0 Å². The van der Waals surface area contributed by atoms with Gasteiger partial charge in [0.1, 0.15) is 17.6 Å². The van der Waals surface area contributed by atoms with E-state index in [1.54, 1.807) is 19.1 Å². The summed E-state index contributed by atoms with van der Waals surface area (Å²) in [6.07, 6.45) is 9.03. The highest BCUT2D eigenvalue weighted by Crippen LogP contribution is 2.31. The van der Waals surface area contributed by atoms with E-state index in [9.17, 15) is 18.8 Å². The lowest BCUT2D eigenvalue weighted by atomic mass is 9.94. The minimum Gasteiger partial charge on any atom is -0.462 e. The Kier molecular flexibility index (Phi) is 8.56. The molecule has 1 atom stereocenters. The average molecular weight is 505 g/mol. The summed E-state index contributed by atoms with van der Waals surface area (Å²) in [5.41, 5.74) is 1.13. The van der Waals surface area contributed by atoms with Crippen molar-refractivity contribution < 1.29 is 23.5 Å². The minimum atomic E-state index is -1.12. The van der Waals surface area contributed by atoms with E-state index in [4.69, 9.17) is 4.74 Å². The van der Waals surface area contributed by atoms with Crippen LogP contribution in [0.4, 0.5) is 10.1 Å². The summed E-state index contributed by atoms with van der Waals surface area (Å²) in [5.74, 6) is -1.90. The predicted octanol–water partition coefficient (Wildman–Crippen LogP) is 4.63. The van der Waals surface area contributed by atoms with Crippen molar-refractivity contribution in [3.63, 3.8) is 0 Å². The summed E-state index contributed by atoms with van der Waals surface area (Å²) >= 11 is 0. The molecule has 3 aromatic rings. The third-order valence-corrected chi connectivity index (χ3v) is 6.30. The summed E-state index contributed by atoms with van der Waals surface area (Å²) in [7, 11) is 0. The Morgan fingerprint density at radius 3 is 2.35 bits per heavy atom. The third-order valence-electron chi connectivity index (χ3n) is 6.30. The van der Waals surface area contributed by atoms with E-state index >= 15 is 0 Å². The van der Waals surface area contributed by atoms with Crippen LogP contribution in [0.3, 0.4) is 0 Å². The molecule has 1 fully saturated rings. The van der Waals surface area contributed by atoms with Crippen molar-refractivity contribution in [3.05, 3.63) is 89.8 Å². The summed E-state index contributed by atoms with van der Waals surface area (Å²) in [4.78, 5) is 49.3. The number of benzene rings is 2. The normalized spacial score (nSPS) is 14.4. The Labute approximate surface area is 214 Å². The van der Waals surface area contributed by atoms with Gasteiger partial charge < -0.3 is 10.1 Å². The first-order valence-electron chi connectivity index (χ1n) is 12.4. The molecule has 0 radical (unpaired) electrons. The van der Waals surface area contributed by atoms with Crippen molar-refractivity contribution in [2.75, 3.05) is 11.5 Å². The number of nitrogens with zero attached hydrogens (tertiary/aromatic N) is 3. The van der Waals surface area contributed by atoms with Crippen molar-refractivity contribution in [2.24, 2.45) is 0 Å². The number of amides is 2. The first kappa shape index (κ1) is 25.9. The molecule has 0 spiro atoms. The molecule has 1 aromatic heterocycles. The molecule has 0 saturated heterocycles. The maximum Gasteiger partial charge on any atom is 0.338 e. The number of carbonyl (C=O) groups is 3. The zero-order valence-electron chi connectivity index (χ0n) is 20.6. The first-order chi connectivity index (χ1) is 18.0. The van der Waals surface area contributed by atoms with E-state index in [1.807, 2.05) is 0 Å². The second-order valence-corrected chi connectivity index (χ2v) is 8.83. The summed E-state index contributed by atoms with van der Waals surface area (Å²) in [5, 5.41) is 3.10. The Morgan fingerprint density at radius 1 is 1.03 bits per heavy atom. The van der Waals surface area contributed by atoms with E-state index in [2.05, 4.69) is 15.3 Å². The Morgan fingerprint density at radius 2 is 1.73 bits per heavy atom. The van der Waals surface area contributed by atoms with E-state index < -0.39 is 23.7 Å². The lowest BCUT2D eigenvalue weighted by Crippen LogP contribution is -2.47. The number of anilines is 1. The van der Waals surface area contributed by atoms with Gasteiger partial charge in [0.25, 0.3) is 5.91 Å². The minimum absolute atomic E-state index is 0.0103. The highest BCUT2D eigenvalue weighted by Gasteiger charge is 2.35. The SMILES string of the molecule is CCOC(=O)c1ccc(N(C(=O)c2cnccn2)[C@H](C(=O)NC2CCCCC2)c2ccc(F)cc2)cc1. The van der Waals surface area contributed by atoms with Crippen molar-refractivity contribution in [1.82, 2.24) is 15.3 Å². The fourth-order valence-corrected chi connectivity index (χ4v) is 4.48. The number of rotatable bonds is 8. The number of ether oxygens (including phenoxy) is 1. The van der Waals surface area contributed by atoms with Crippen LogP contribution >= 0.6 is 0 Å². The van der Waals surface area contributed by atoms with Gasteiger partial charge in [-0.15, -0.1) is 0 Å². The predicted molar refractivity (Wildman–Crippen MR) is 135 cm³/mol. The maximum atomic E-state index is 13.8. The van der Waals surface area contributed by atoms with Gasteiger partial charge in [-0.3, -0.25) is 19.5 Å². The van der Waals surface area contributed by atoms with Crippen LogP contribution in [0.1, 0.15) is 71.5 Å². The monoisotopic (exact) mass is 504 g/mol. The molecule has 1 heterocycles. The van der Waals surface area contributed by atoms with Gasteiger partial charge in [0.2, 0.25) is 5.91 Å². The highest BCUT2D eigenvalue weighted by molar-refractivity contribution is 6.09. The molecule has 0 unspecified atom stereocenters. The molecular weight excluding hydrogens is 475 g/mol. The van der Waals surface area contributed by atoms with Crippen LogP contribution in [-0.2, 0) is 9.53 Å². The molecular formula is C28H29FN4O4. The zero-order chi connectivity index (χ0) is 26.2. The van der Waals surface area contributed by atoms with Crippen LogP contribution in [0.5, 0.6) is 0 Å². The molecule has 9 heteroatoms. The van der Waals surface area contributed by atoms with Crippen LogP contribution in [0.2, 0.25) is 0 Å². The number of esters is 1. The van der Waals surface area contributed by atoms with E-state index in [-0.39, 0.29) is 24.2 Å². The quantitative estimate of drug-likeness (QED) is 0.449. The van der Waals surface area contributed by atoms with Gasteiger partial charge in [0.05, 0.1) is 18.4 Å². The number of nitrogens with one attached hydrogen (secondary N) is 1. The molecule has 2 aromatic carbocycles. The Bertz CT molecular complexity index is 1210. The number of hydrogen-bond donors (Lipinski definition) is 1. The topological polar surface area (TPSA) is 101 Å². The largest absolute Gasteiger partial charge is 0.462 e. The van der Waals surface area contributed by atoms with Crippen LogP contribution in [0.15, 0.2) is 67.1 Å². The fourth-order valence-electron chi connectivity index (χ4n) is 4.48. The molecule has 1 aliphatic carbocycles. The van der Waals surface area contributed by atoms with Crippen LogP contribution in [-0.4, -0.2) is 40.4 Å². The molecule has 37 heavy (non-hydrogen) atoms. The van der Waals surface area contributed by atoms with Gasteiger partial charge in [0, 0.05) is 24.1 Å². The van der Waals surface area contributed by atoms with Crippen molar-refractivity contribution in [3.8, 4) is 0 Å². The van der Waals surface area contributed by atoms with Gasteiger partial charge in [-0.1, -0.05) is 31.4 Å². The molecule has 0 aliphatic heterocycles. The summed E-state index contributed by atoms with van der Waals surface area (Å²) in [6.45, 7) is 1.94. The van der Waals surface area contributed by atoms with E-state index in [0.29, 0.717) is 16.8 Å². The number of hydrogen-bond acceptors (Lipinski definition) is 6. The smallest absolute Gasteiger partial charge is 0.338 e. The van der Waals surface area contributed by atoms with Crippen LogP contribution < -0.4 is 10.2 Å². The fraction of sp³-hybridized carbons (Fsp3) is 0.321. The number of halogens is 1. The molecule has 0 bridgehead atoms. The summed E-state index contributed by atoms with van der Waals surface area (Å²) < 4.78 is 18.9. The number of aromatic nitrogens is 2. The molecule has 4 rings (SSSR count). The van der Waals surface area contributed by atoms with Crippen molar-refractivity contribution >= 4 is 23.5 Å². The van der Waals surface area contributed by atoms with Crippen LogP contribution in [0, 0.1) is 5.82 Å². The Balaban J connectivity index is 1.78. The molecule has 8 nitrogen and oxygen atoms in total. The highest BCUT2D eigenvalue weighted by atomic mass is 19.1. The van der Waals surface area contributed by atoms with Gasteiger partial charge in [-0.25, -0.2) is 14.2 Å². The number of carbonyl (C=O) groups excluding carboxylic acids is 3. The molecule has 192 valence electrons. The first-order valence-corrected chi connectivity index (χ1v) is 12.4. The molecule has 2 amide bonds. The second kappa shape index (κ2) is 12.2. The lowest BCUT2D eigenvalue weighted by molar-refractivity contribution is -0.123. The second-order valence-electron chi connectivity index (χ2n) is 8.83. The van der Waals surface area contributed by atoms with Crippen molar-refractivity contribution in [1.29, 1.82) is 0 Å². The summed E-state index contributed by atoms with van der Waals surface area (Å²) in [6, 6.07) is 10.6. The molecule has 1 saturated carbocycles. The third kappa shape index (κ3) is 6.35. The lowest BCUT2D eigenvalue weighted by Gasteiger charge is -2.33. The molecule has 1 N–H and O–H groups in total. The maximum absolute atomic E-state index is 13.8. The standard InChI is InChI=1S/C28H29FN4O4/c1-2-37-28(36)20-10-14-23(15-11-20)33(27(35)24-18-30-16-17-31-24)25(19-8-12-21(29)13-9-19)26(34)32-22-6-4-3-5-7-22/h8-18,22,25H,2-7H2,1H3,(H,32,34)/t25-/m0/s1.